The monoisotopic (exact) mass is 422 g/mol. The van der Waals surface area contributed by atoms with Crippen molar-refractivity contribution in [2.75, 3.05) is 37.7 Å². The Hall–Kier alpha value is -2.96. The Labute approximate surface area is 183 Å². The molecule has 2 aliphatic rings. The maximum Gasteiger partial charge on any atom is 0.310 e. The molecule has 0 saturated carbocycles. The van der Waals surface area contributed by atoms with Gasteiger partial charge in [-0.25, -0.2) is 9.97 Å². The first-order valence-corrected chi connectivity index (χ1v) is 11.2. The van der Waals surface area contributed by atoms with Crippen LogP contribution in [0.25, 0.3) is 11.3 Å². The highest BCUT2D eigenvalue weighted by atomic mass is 16.5. The molecule has 1 amide bonds. The number of amides is 1. The highest BCUT2D eigenvalue weighted by molar-refractivity contribution is 5.81. The van der Waals surface area contributed by atoms with Gasteiger partial charge in [-0.15, -0.1) is 0 Å². The molecule has 7 heteroatoms. The number of benzene rings is 1. The Kier molecular flexibility index (Phi) is 6.79. The summed E-state index contributed by atoms with van der Waals surface area (Å²) in [5, 5.41) is 0. The van der Waals surface area contributed by atoms with E-state index in [1.54, 1.807) is 6.33 Å². The van der Waals surface area contributed by atoms with Crippen molar-refractivity contribution in [3.05, 3.63) is 42.7 Å². The summed E-state index contributed by atoms with van der Waals surface area (Å²) < 4.78 is 5.16. The zero-order valence-electron chi connectivity index (χ0n) is 18.1. The van der Waals surface area contributed by atoms with Crippen LogP contribution in [0, 0.1) is 11.8 Å². The molecule has 2 aliphatic heterocycles. The third-order valence-electron chi connectivity index (χ3n) is 6.24. The lowest BCUT2D eigenvalue weighted by atomic mass is 9.92. The van der Waals surface area contributed by atoms with Crippen LogP contribution >= 0.6 is 0 Å². The molecule has 1 atom stereocenters. The second-order valence-electron chi connectivity index (χ2n) is 8.26. The van der Waals surface area contributed by atoms with E-state index in [9.17, 15) is 9.59 Å². The fraction of sp³-hybridized carbons (Fsp3) is 0.500. The van der Waals surface area contributed by atoms with E-state index in [4.69, 9.17) is 4.74 Å². The van der Waals surface area contributed by atoms with E-state index >= 15 is 0 Å². The van der Waals surface area contributed by atoms with Crippen molar-refractivity contribution >= 4 is 17.7 Å². The van der Waals surface area contributed by atoms with Crippen LogP contribution in [0.2, 0.25) is 0 Å². The van der Waals surface area contributed by atoms with Crippen molar-refractivity contribution in [1.82, 2.24) is 14.9 Å². The maximum absolute atomic E-state index is 13.1. The average molecular weight is 423 g/mol. The summed E-state index contributed by atoms with van der Waals surface area (Å²) in [6, 6.07) is 12.1. The van der Waals surface area contributed by atoms with Crippen LogP contribution in [0.15, 0.2) is 42.7 Å². The molecule has 164 valence electrons. The van der Waals surface area contributed by atoms with Crippen molar-refractivity contribution in [2.24, 2.45) is 11.8 Å². The minimum atomic E-state index is -0.185. The van der Waals surface area contributed by atoms with Gasteiger partial charge >= 0.3 is 5.97 Å². The Bertz CT molecular complexity index is 897. The smallest absolute Gasteiger partial charge is 0.310 e. The number of hydrogen-bond acceptors (Lipinski definition) is 6. The van der Waals surface area contributed by atoms with Gasteiger partial charge in [-0.3, -0.25) is 9.59 Å². The topological polar surface area (TPSA) is 75.6 Å². The molecule has 4 rings (SSSR count). The van der Waals surface area contributed by atoms with Crippen molar-refractivity contribution in [1.29, 1.82) is 0 Å². The van der Waals surface area contributed by atoms with Crippen molar-refractivity contribution in [2.45, 2.75) is 32.6 Å². The zero-order valence-corrected chi connectivity index (χ0v) is 18.1. The average Bonchev–Trinajstić information content (AvgIpc) is 2.84. The van der Waals surface area contributed by atoms with Gasteiger partial charge in [-0.2, -0.15) is 0 Å². The number of likely N-dealkylation sites (tertiary alicyclic amines) is 1. The third kappa shape index (κ3) is 5.03. The maximum atomic E-state index is 13.1. The second kappa shape index (κ2) is 9.90. The standard InChI is InChI=1S/C24H30N4O3/c1-2-31-24(30)20-9-6-12-28(16-20)23(29)19-10-13-27(14-11-19)22-15-21(25-17-26-22)18-7-4-3-5-8-18/h3-5,7-8,15,17,19-20H,2,6,9-14,16H2,1H3. The van der Waals surface area contributed by atoms with Crippen LogP contribution in [-0.4, -0.2) is 59.5 Å². The molecule has 0 spiro atoms. The van der Waals surface area contributed by atoms with Crippen LogP contribution in [0.3, 0.4) is 0 Å². The minimum absolute atomic E-state index is 0.00706. The number of nitrogens with zero attached hydrogens (tertiary/aromatic N) is 4. The fourth-order valence-corrected chi connectivity index (χ4v) is 4.53. The highest BCUT2D eigenvalue weighted by Crippen LogP contribution is 2.27. The number of carbonyl (C=O) groups excluding carboxylic acids is 2. The lowest BCUT2D eigenvalue weighted by Gasteiger charge is -2.37. The largest absolute Gasteiger partial charge is 0.466 e. The molecule has 2 aromatic rings. The lowest BCUT2D eigenvalue weighted by Crippen LogP contribution is -2.47. The molecule has 1 aromatic carbocycles. The van der Waals surface area contributed by atoms with Gasteiger partial charge in [0.15, 0.2) is 0 Å². The first-order chi connectivity index (χ1) is 15.2. The molecule has 0 aliphatic carbocycles. The van der Waals surface area contributed by atoms with E-state index in [-0.39, 0.29) is 23.7 Å². The van der Waals surface area contributed by atoms with Gasteiger partial charge in [-0.1, -0.05) is 30.3 Å². The molecule has 2 saturated heterocycles. The van der Waals surface area contributed by atoms with Crippen LogP contribution < -0.4 is 4.90 Å². The van der Waals surface area contributed by atoms with E-state index in [2.05, 4.69) is 14.9 Å². The van der Waals surface area contributed by atoms with Gasteiger partial charge in [-0.05, 0) is 32.6 Å². The van der Waals surface area contributed by atoms with Gasteiger partial charge < -0.3 is 14.5 Å². The second-order valence-corrected chi connectivity index (χ2v) is 8.26. The number of esters is 1. The molecule has 1 unspecified atom stereocenters. The quantitative estimate of drug-likeness (QED) is 0.689. The SMILES string of the molecule is CCOC(=O)C1CCCN(C(=O)C2CCN(c3cc(-c4ccccc4)ncn3)CC2)C1. The number of ether oxygens (including phenoxy) is 1. The number of carbonyl (C=O) groups is 2. The fourth-order valence-electron chi connectivity index (χ4n) is 4.53. The summed E-state index contributed by atoms with van der Waals surface area (Å²) in [6.45, 7) is 5.01. The molecule has 0 bridgehead atoms. The highest BCUT2D eigenvalue weighted by Gasteiger charge is 2.34. The van der Waals surface area contributed by atoms with Crippen molar-refractivity contribution < 1.29 is 14.3 Å². The van der Waals surface area contributed by atoms with E-state index in [1.165, 1.54) is 0 Å². The van der Waals surface area contributed by atoms with Crippen molar-refractivity contribution in [3.63, 3.8) is 0 Å². The summed E-state index contributed by atoms with van der Waals surface area (Å²) in [5.74, 6) is 0.733. The van der Waals surface area contributed by atoms with Crippen molar-refractivity contribution in [3.8, 4) is 11.3 Å². The molecular weight excluding hydrogens is 392 g/mol. The Balaban J connectivity index is 1.34. The van der Waals surface area contributed by atoms with Gasteiger partial charge in [0.1, 0.15) is 12.1 Å². The minimum Gasteiger partial charge on any atom is -0.466 e. The van der Waals surface area contributed by atoms with Gasteiger partial charge in [0.25, 0.3) is 0 Å². The molecule has 0 N–H and O–H groups in total. The third-order valence-corrected chi connectivity index (χ3v) is 6.24. The summed E-state index contributed by atoms with van der Waals surface area (Å²) in [5.41, 5.74) is 1.97. The normalized spacial score (nSPS) is 19.8. The number of rotatable bonds is 5. The summed E-state index contributed by atoms with van der Waals surface area (Å²) in [4.78, 5) is 38.2. The van der Waals surface area contributed by atoms with E-state index in [0.29, 0.717) is 13.2 Å². The van der Waals surface area contributed by atoms with E-state index < -0.39 is 0 Å². The molecular formula is C24H30N4O3. The van der Waals surface area contributed by atoms with Crippen LogP contribution in [0.4, 0.5) is 5.82 Å². The molecule has 1 aromatic heterocycles. The molecule has 0 radical (unpaired) electrons. The summed E-state index contributed by atoms with van der Waals surface area (Å²) in [6.07, 6.45) is 4.86. The molecule has 7 nitrogen and oxygen atoms in total. The predicted molar refractivity (Wildman–Crippen MR) is 118 cm³/mol. The number of aromatic nitrogens is 2. The summed E-state index contributed by atoms with van der Waals surface area (Å²) >= 11 is 0. The molecule has 3 heterocycles. The Morgan fingerprint density at radius 2 is 1.81 bits per heavy atom. The first kappa shape index (κ1) is 21.3. The van der Waals surface area contributed by atoms with Crippen LogP contribution in [0.5, 0.6) is 0 Å². The lowest BCUT2D eigenvalue weighted by molar-refractivity contribution is -0.152. The van der Waals surface area contributed by atoms with E-state index in [0.717, 1.165) is 62.4 Å². The number of anilines is 1. The van der Waals surface area contributed by atoms with Gasteiger partial charge in [0, 0.05) is 43.7 Å². The summed E-state index contributed by atoms with van der Waals surface area (Å²) in [7, 11) is 0. The zero-order chi connectivity index (χ0) is 21.6. The van der Waals surface area contributed by atoms with Gasteiger partial charge in [0.2, 0.25) is 5.91 Å². The first-order valence-electron chi connectivity index (χ1n) is 11.2. The van der Waals surface area contributed by atoms with Crippen LogP contribution in [-0.2, 0) is 14.3 Å². The van der Waals surface area contributed by atoms with Crippen LogP contribution in [0.1, 0.15) is 32.6 Å². The Morgan fingerprint density at radius 3 is 2.55 bits per heavy atom. The molecule has 2 fully saturated rings. The predicted octanol–water partition coefficient (Wildman–Crippen LogP) is 3.16. The Morgan fingerprint density at radius 1 is 1.03 bits per heavy atom. The van der Waals surface area contributed by atoms with E-state index in [1.807, 2.05) is 48.2 Å². The van der Waals surface area contributed by atoms with Gasteiger partial charge in [0.05, 0.1) is 18.2 Å². The number of hydrogen-bond donors (Lipinski definition) is 0. The molecule has 31 heavy (non-hydrogen) atoms. The number of piperidine rings is 2.